The molecule has 1 aromatic rings. The van der Waals surface area contributed by atoms with Crippen LogP contribution < -0.4 is 5.32 Å². The minimum atomic E-state index is 0.370. The molecule has 0 amide bonds. The number of rotatable bonds is 7. The lowest BCUT2D eigenvalue weighted by atomic mass is 9.71. The minimum absolute atomic E-state index is 0.370. The average molecular weight is 358 g/mol. The predicted molar refractivity (Wildman–Crippen MR) is 89.6 cm³/mol. The van der Waals surface area contributed by atoms with Gasteiger partial charge in [0.25, 0.3) is 0 Å². The molecule has 0 unspecified atom stereocenters. The summed E-state index contributed by atoms with van der Waals surface area (Å²) in [6.45, 7) is 4.86. The van der Waals surface area contributed by atoms with Gasteiger partial charge in [0.05, 0.1) is 22.5 Å². The second-order valence-electron chi connectivity index (χ2n) is 6.38. The van der Waals surface area contributed by atoms with E-state index in [1.807, 2.05) is 4.68 Å². The van der Waals surface area contributed by atoms with E-state index >= 15 is 0 Å². The van der Waals surface area contributed by atoms with Crippen molar-refractivity contribution in [1.29, 1.82) is 0 Å². The maximum Gasteiger partial charge on any atom is 0.0738 e. The van der Waals surface area contributed by atoms with E-state index in [0.29, 0.717) is 5.41 Å². The van der Waals surface area contributed by atoms with Crippen molar-refractivity contribution in [2.24, 2.45) is 12.5 Å². The van der Waals surface area contributed by atoms with Crippen molar-refractivity contribution in [1.82, 2.24) is 15.1 Å². The van der Waals surface area contributed by atoms with Crippen LogP contribution >= 0.6 is 15.9 Å². The first-order valence-corrected chi connectivity index (χ1v) is 8.75. The molecule has 0 aliphatic heterocycles. The van der Waals surface area contributed by atoms with Gasteiger partial charge in [-0.25, -0.2) is 0 Å². The van der Waals surface area contributed by atoms with Crippen LogP contribution in [-0.2, 0) is 18.2 Å². The zero-order chi connectivity index (χ0) is 15.3. The number of hydrogen-bond donors (Lipinski definition) is 1. The Morgan fingerprint density at radius 2 is 2.05 bits per heavy atom. The van der Waals surface area contributed by atoms with Crippen LogP contribution in [0.15, 0.2) is 4.47 Å². The van der Waals surface area contributed by atoms with Crippen LogP contribution in [0, 0.1) is 12.3 Å². The van der Waals surface area contributed by atoms with Crippen LogP contribution in [0.4, 0.5) is 0 Å². The van der Waals surface area contributed by atoms with Crippen molar-refractivity contribution in [3.63, 3.8) is 0 Å². The van der Waals surface area contributed by atoms with Crippen LogP contribution in [0.3, 0.4) is 0 Å². The van der Waals surface area contributed by atoms with Gasteiger partial charge in [-0.05, 0) is 47.5 Å². The van der Waals surface area contributed by atoms with E-state index in [9.17, 15) is 0 Å². The lowest BCUT2D eigenvalue weighted by Gasteiger charge is -2.38. The van der Waals surface area contributed by atoms with Crippen LogP contribution in [-0.4, -0.2) is 36.6 Å². The highest BCUT2D eigenvalue weighted by molar-refractivity contribution is 9.10. The van der Waals surface area contributed by atoms with Gasteiger partial charge in [0.2, 0.25) is 0 Å². The van der Waals surface area contributed by atoms with Crippen molar-refractivity contribution in [2.75, 3.05) is 26.8 Å². The summed E-state index contributed by atoms with van der Waals surface area (Å²) in [6, 6.07) is 0. The van der Waals surface area contributed by atoms with Gasteiger partial charge in [-0.2, -0.15) is 5.10 Å². The normalized spacial score (nSPS) is 18.1. The molecular weight excluding hydrogens is 330 g/mol. The van der Waals surface area contributed by atoms with Crippen molar-refractivity contribution in [2.45, 2.75) is 45.4 Å². The van der Waals surface area contributed by atoms with E-state index in [4.69, 9.17) is 4.74 Å². The number of hydrogen-bond acceptors (Lipinski definition) is 3. The number of nitrogens with one attached hydrogen (secondary N) is 1. The van der Waals surface area contributed by atoms with Gasteiger partial charge in [-0.1, -0.05) is 19.3 Å². The fourth-order valence-electron chi connectivity index (χ4n) is 3.47. The monoisotopic (exact) mass is 357 g/mol. The second-order valence-corrected chi connectivity index (χ2v) is 7.17. The minimum Gasteiger partial charge on any atom is -0.383 e. The Labute approximate surface area is 136 Å². The van der Waals surface area contributed by atoms with E-state index in [-0.39, 0.29) is 0 Å². The van der Waals surface area contributed by atoms with Gasteiger partial charge in [0.15, 0.2) is 0 Å². The highest BCUT2D eigenvalue weighted by Gasteiger charge is 2.33. The summed E-state index contributed by atoms with van der Waals surface area (Å²) in [5, 5.41) is 8.14. The van der Waals surface area contributed by atoms with Gasteiger partial charge in [0, 0.05) is 27.2 Å². The maximum absolute atomic E-state index is 5.14. The Balaban J connectivity index is 2.08. The molecule has 1 aliphatic carbocycles. The van der Waals surface area contributed by atoms with Crippen LogP contribution in [0.5, 0.6) is 0 Å². The number of methoxy groups -OCH3 is 1. The molecule has 1 fully saturated rings. The molecule has 4 nitrogen and oxygen atoms in total. The van der Waals surface area contributed by atoms with Gasteiger partial charge in [-0.15, -0.1) is 0 Å². The predicted octanol–water partition coefficient (Wildman–Crippen LogP) is 3.22. The zero-order valence-electron chi connectivity index (χ0n) is 13.5. The van der Waals surface area contributed by atoms with E-state index in [1.165, 1.54) is 42.3 Å². The van der Waals surface area contributed by atoms with Gasteiger partial charge >= 0.3 is 0 Å². The number of nitrogens with zero attached hydrogens (tertiary/aromatic N) is 2. The number of aromatic nitrogens is 2. The summed E-state index contributed by atoms with van der Waals surface area (Å²) < 4.78 is 8.37. The van der Waals surface area contributed by atoms with E-state index < -0.39 is 0 Å². The summed E-state index contributed by atoms with van der Waals surface area (Å²) in [5.41, 5.74) is 2.79. The third kappa shape index (κ3) is 4.30. The van der Waals surface area contributed by atoms with Crippen LogP contribution in [0.1, 0.15) is 43.5 Å². The Bertz CT molecular complexity index is 453. The average Bonchev–Trinajstić information content (AvgIpc) is 2.71. The van der Waals surface area contributed by atoms with E-state index in [1.54, 1.807) is 7.11 Å². The number of aryl methyl sites for hydroxylation is 2. The summed E-state index contributed by atoms with van der Waals surface area (Å²) in [7, 11) is 3.82. The first-order valence-electron chi connectivity index (χ1n) is 7.96. The van der Waals surface area contributed by atoms with Crippen LogP contribution in [0.25, 0.3) is 0 Å². The summed E-state index contributed by atoms with van der Waals surface area (Å²) in [5.74, 6) is 0. The molecule has 1 aromatic heterocycles. The quantitative estimate of drug-likeness (QED) is 0.761. The molecule has 2 rings (SSSR count). The molecular formula is C16H28BrN3O. The van der Waals surface area contributed by atoms with E-state index in [0.717, 1.165) is 31.8 Å². The van der Waals surface area contributed by atoms with Crippen molar-refractivity contribution in [3.8, 4) is 0 Å². The first-order chi connectivity index (χ1) is 10.1. The number of ether oxygens (including phenoxy) is 1. The molecule has 120 valence electrons. The summed E-state index contributed by atoms with van der Waals surface area (Å²) in [6.07, 6.45) is 7.80. The molecule has 0 bridgehead atoms. The van der Waals surface area contributed by atoms with Gasteiger partial charge in [0.1, 0.15) is 0 Å². The molecule has 21 heavy (non-hydrogen) atoms. The highest BCUT2D eigenvalue weighted by atomic mass is 79.9. The Hall–Kier alpha value is -0.390. The van der Waals surface area contributed by atoms with Crippen molar-refractivity contribution < 1.29 is 4.74 Å². The zero-order valence-corrected chi connectivity index (χ0v) is 15.1. The largest absolute Gasteiger partial charge is 0.383 e. The van der Waals surface area contributed by atoms with Crippen molar-refractivity contribution in [3.05, 3.63) is 15.9 Å². The van der Waals surface area contributed by atoms with Crippen LogP contribution in [0.2, 0.25) is 0 Å². The Kier molecular flexibility index (Phi) is 6.26. The molecule has 0 spiro atoms. The Morgan fingerprint density at radius 1 is 1.33 bits per heavy atom. The first kappa shape index (κ1) is 17.0. The lowest BCUT2D eigenvalue weighted by molar-refractivity contribution is 0.160. The molecule has 1 N–H and O–H groups in total. The SMILES string of the molecule is COCCNCC1(Cc2c(Br)c(C)nn2C)CCCCC1. The van der Waals surface area contributed by atoms with E-state index in [2.05, 4.69) is 40.3 Å². The molecule has 1 heterocycles. The molecule has 0 saturated heterocycles. The smallest absolute Gasteiger partial charge is 0.0738 e. The third-order valence-electron chi connectivity index (χ3n) is 4.70. The second kappa shape index (κ2) is 7.75. The number of halogens is 1. The standard InChI is InChI=1S/C16H28BrN3O/c1-13-15(17)14(20(2)19-13)11-16(7-5-4-6-8-16)12-18-9-10-21-3/h18H,4-12H2,1-3H3. The highest BCUT2D eigenvalue weighted by Crippen LogP contribution is 2.40. The molecule has 0 aromatic carbocycles. The van der Waals surface area contributed by atoms with Gasteiger partial charge in [-0.3, -0.25) is 4.68 Å². The molecule has 0 atom stereocenters. The van der Waals surface area contributed by atoms with Crippen molar-refractivity contribution >= 4 is 15.9 Å². The fraction of sp³-hybridized carbons (Fsp3) is 0.812. The molecule has 5 heteroatoms. The topological polar surface area (TPSA) is 39.1 Å². The third-order valence-corrected chi connectivity index (χ3v) is 5.73. The summed E-state index contributed by atoms with van der Waals surface area (Å²) in [4.78, 5) is 0. The molecule has 0 radical (unpaired) electrons. The van der Waals surface area contributed by atoms with Gasteiger partial charge < -0.3 is 10.1 Å². The lowest BCUT2D eigenvalue weighted by Crippen LogP contribution is -2.39. The summed E-state index contributed by atoms with van der Waals surface area (Å²) >= 11 is 3.72. The fourth-order valence-corrected chi connectivity index (χ4v) is 3.95. The Morgan fingerprint density at radius 3 is 2.62 bits per heavy atom. The maximum atomic E-state index is 5.14. The molecule has 1 saturated carbocycles. The molecule has 1 aliphatic rings.